The maximum atomic E-state index is 8.77. The van der Waals surface area contributed by atoms with E-state index in [2.05, 4.69) is 16.0 Å². The summed E-state index contributed by atoms with van der Waals surface area (Å²) in [7, 11) is 0. The molecule has 0 atom stereocenters. The van der Waals surface area contributed by atoms with E-state index in [4.69, 9.17) is 14.7 Å². The van der Waals surface area contributed by atoms with E-state index in [1.807, 2.05) is 19.1 Å². The average Bonchev–Trinajstić information content (AvgIpc) is 2.57. The summed E-state index contributed by atoms with van der Waals surface area (Å²) in [5.74, 6) is 2.51. The second-order valence-corrected chi connectivity index (χ2v) is 4.81. The van der Waals surface area contributed by atoms with Crippen LogP contribution >= 0.6 is 0 Å². The predicted octanol–water partition coefficient (Wildman–Crippen LogP) is 4.24. The fraction of sp³-hybridized carbons (Fsp3) is 0.0556. The summed E-state index contributed by atoms with van der Waals surface area (Å²) in [5.41, 5.74) is 1.44. The van der Waals surface area contributed by atoms with Crippen molar-refractivity contribution >= 4 is 0 Å². The first kappa shape index (κ1) is 14.5. The first-order valence-electron chi connectivity index (χ1n) is 6.97. The Kier molecular flexibility index (Phi) is 4.16. The van der Waals surface area contributed by atoms with E-state index in [1.165, 1.54) is 6.33 Å². The smallest absolute Gasteiger partial charge is 0.222 e. The minimum atomic E-state index is 0.498. The Hall–Kier alpha value is -3.39. The van der Waals surface area contributed by atoms with Crippen molar-refractivity contribution in [2.24, 2.45) is 0 Å². The van der Waals surface area contributed by atoms with E-state index in [-0.39, 0.29) is 0 Å². The summed E-state index contributed by atoms with van der Waals surface area (Å²) in [6.45, 7) is 1.88. The number of benzene rings is 2. The third kappa shape index (κ3) is 3.83. The van der Waals surface area contributed by atoms with Gasteiger partial charge in [-0.25, -0.2) is 9.97 Å². The molecule has 0 aliphatic carbocycles. The van der Waals surface area contributed by atoms with Gasteiger partial charge >= 0.3 is 0 Å². The lowest BCUT2D eigenvalue weighted by molar-refractivity contribution is 0.455. The van der Waals surface area contributed by atoms with Gasteiger partial charge in [-0.2, -0.15) is 5.26 Å². The lowest BCUT2D eigenvalue weighted by Crippen LogP contribution is -1.90. The Labute approximate surface area is 133 Å². The molecule has 0 radical (unpaired) electrons. The Morgan fingerprint density at radius 1 is 0.826 bits per heavy atom. The van der Waals surface area contributed by atoms with Crippen molar-refractivity contribution in [2.45, 2.75) is 6.92 Å². The highest BCUT2D eigenvalue weighted by molar-refractivity contribution is 5.39. The highest BCUT2D eigenvalue weighted by Crippen LogP contribution is 2.26. The van der Waals surface area contributed by atoms with E-state index in [1.54, 1.807) is 42.5 Å². The molecule has 3 aromatic rings. The molecule has 2 aromatic carbocycles. The van der Waals surface area contributed by atoms with Crippen molar-refractivity contribution in [1.29, 1.82) is 5.26 Å². The number of nitrogens with zero attached hydrogens (tertiary/aromatic N) is 3. The summed E-state index contributed by atoms with van der Waals surface area (Å²) in [6.07, 6.45) is 1.47. The zero-order valence-electron chi connectivity index (χ0n) is 12.4. The molecule has 0 bridgehead atoms. The number of ether oxygens (including phenoxy) is 2. The second-order valence-electron chi connectivity index (χ2n) is 4.81. The van der Waals surface area contributed by atoms with Crippen LogP contribution in [0.25, 0.3) is 0 Å². The van der Waals surface area contributed by atoms with Crippen LogP contribution in [-0.4, -0.2) is 9.97 Å². The fourth-order valence-electron chi connectivity index (χ4n) is 1.92. The summed E-state index contributed by atoms with van der Waals surface area (Å²) in [5, 5.41) is 8.77. The molecule has 0 aliphatic heterocycles. The molecule has 0 N–H and O–H groups in total. The summed E-state index contributed by atoms with van der Waals surface area (Å²) >= 11 is 0. The molecule has 112 valence electrons. The van der Waals surface area contributed by atoms with Crippen LogP contribution in [0.5, 0.6) is 23.1 Å². The Morgan fingerprint density at radius 2 is 1.39 bits per heavy atom. The molecule has 0 amide bonds. The van der Waals surface area contributed by atoms with E-state index in [0.29, 0.717) is 28.7 Å². The molecule has 23 heavy (non-hydrogen) atoms. The van der Waals surface area contributed by atoms with E-state index in [0.717, 1.165) is 5.69 Å². The molecule has 5 nitrogen and oxygen atoms in total. The molecule has 0 unspecified atom stereocenters. The van der Waals surface area contributed by atoms with Crippen molar-refractivity contribution in [3.63, 3.8) is 0 Å². The van der Waals surface area contributed by atoms with Gasteiger partial charge in [-0.3, -0.25) is 0 Å². The Balaban J connectivity index is 1.68. The molecule has 3 rings (SSSR count). The molecule has 1 heterocycles. The lowest BCUT2D eigenvalue weighted by atomic mass is 10.2. The molecule has 5 heteroatoms. The van der Waals surface area contributed by atoms with Crippen LogP contribution < -0.4 is 9.47 Å². The number of aromatic nitrogens is 2. The van der Waals surface area contributed by atoms with Gasteiger partial charge in [-0.15, -0.1) is 0 Å². The zero-order chi connectivity index (χ0) is 16.1. The van der Waals surface area contributed by atoms with Crippen LogP contribution in [0.2, 0.25) is 0 Å². The second kappa shape index (κ2) is 6.58. The van der Waals surface area contributed by atoms with Crippen LogP contribution in [0.15, 0.2) is 60.9 Å². The fourth-order valence-corrected chi connectivity index (χ4v) is 1.92. The van der Waals surface area contributed by atoms with Gasteiger partial charge in [0.25, 0.3) is 0 Å². The SMILES string of the molecule is Cc1cc(Oc2ccc(Oc3ccc(C#N)cc3)cc2)ncn1. The van der Waals surface area contributed by atoms with Gasteiger partial charge in [-0.1, -0.05) is 0 Å². The molecule has 0 aliphatic rings. The van der Waals surface area contributed by atoms with E-state index in [9.17, 15) is 0 Å². The number of hydrogen-bond donors (Lipinski definition) is 0. The van der Waals surface area contributed by atoms with Crippen LogP contribution in [0.1, 0.15) is 11.3 Å². The normalized spacial score (nSPS) is 9.91. The minimum absolute atomic E-state index is 0.498. The number of nitriles is 1. The molecule has 0 fully saturated rings. The molecular formula is C18H13N3O2. The van der Waals surface area contributed by atoms with E-state index < -0.39 is 0 Å². The third-order valence-electron chi connectivity index (χ3n) is 3.04. The van der Waals surface area contributed by atoms with E-state index >= 15 is 0 Å². The third-order valence-corrected chi connectivity index (χ3v) is 3.04. The van der Waals surface area contributed by atoms with Crippen molar-refractivity contribution in [3.8, 4) is 29.2 Å². The largest absolute Gasteiger partial charge is 0.457 e. The van der Waals surface area contributed by atoms with Crippen LogP contribution in [0, 0.1) is 18.3 Å². The topological polar surface area (TPSA) is 68.0 Å². The van der Waals surface area contributed by atoms with Crippen molar-refractivity contribution in [1.82, 2.24) is 9.97 Å². The molecule has 0 saturated heterocycles. The number of aryl methyl sites for hydroxylation is 1. The predicted molar refractivity (Wildman–Crippen MR) is 84.5 cm³/mol. The van der Waals surface area contributed by atoms with Crippen LogP contribution in [0.3, 0.4) is 0 Å². The number of hydrogen-bond acceptors (Lipinski definition) is 5. The van der Waals surface area contributed by atoms with Gasteiger partial charge in [0.1, 0.15) is 23.6 Å². The van der Waals surface area contributed by atoms with Crippen molar-refractivity contribution < 1.29 is 9.47 Å². The Morgan fingerprint density at radius 3 is 1.96 bits per heavy atom. The van der Waals surface area contributed by atoms with Gasteiger partial charge in [0.2, 0.25) is 5.88 Å². The van der Waals surface area contributed by atoms with Crippen LogP contribution in [-0.2, 0) is 0 Å². The Bertz CT molecular complexity index is 837. The van der Waals surface area contributed by atoms with Crippen molar-refractivity contribution in [3.05, 3.63) is 72.2 Å². The summed E-state index contributed by atoms with van der Waals surface area (Å²) in [6, 6.07) is 18.0. The standard InChI is InChI=1S/C18H13N3O2/c1-13-10-18(21-12-20-13)23-17-8-6-16(7-9-17)22-15-4-2-14(11-19)3-5-15/h2-10,12H,1H3. The maximum Gasteiger partial charge on any atom is 0.222 e. The summed E-state index contributed by atoms with van der Waals surface area (Å²) in [4.78, 5) is 8.07. The lowest BCUT2D eigenvalue weighted by Gasteiger charge is -2.08. The van der Waals surface area contributed by atoms with Crippen molar-refractivity contribution in [2.75, 3.05) is 0 Å². The first-order chi connectivity index (χ1) is 11.2. The highest BCUT2D eigenvalue weighted by atomic mass is 16.5. The highest BCUT2D eigenvalue weighted by Gasteiger charge is 2.02. The minimum Gasteiger partial charge on any atom is -0.457 e. The average molecular weight is 303 g/mol. The monoisotopic (exact) mass is 303 g/mol. The summed E-state index contributed by atoms with van der Waals surface area (Å²) < 4.78 is 11.4. The van der Waals surface area contributed by atoms with Gasteiger partial charge in [0, 0.05) is 11.8 Å². The zero-order valence-corrected chi connectivity index (χ0v) is 12.4. The quantitative estimate of drug-likeness (QED) is 0.721. The maximum absolute atomic E-state index is 8.77. The number of rotatable bonds is 4. The molecule has 1 aromatic heterocycles. The van der Waals surface area contributed by atoms with Gasteiger partial charge < -0.3 is 9.47 Å². The molecule has 0 saturated carbocycles. The van der Waals surface area contributed by atoms with Crippen LogP contribution in [0.4, 0.5) is 0 Å². The first-order valence-corrected chi connectivity index (χ1v) is 6.97. The van der Waals surface area contributed by atoms with Gasteiger partial charge in [0.15, 0.2) is 0 Å². The van der Waals surface area contributed by atoms with Gasteiger partial charge in [0.05, 0.1) is 11.6 Å². The molecular weight excluding hydrogens is 290 g/mol. The molecule has 0 spiro atoms. The van der Waals surface area contributed by atoms with Gasteiger partial charge in [-0.05, 0) is 55.5 Å².